The van der Waals surface area contributed by atoms with E-state index in [1.165, 1.54) is 0 Å². The van der Waals surface area contributed by atoms with Crippen LogP contribution in [0.5, 0.6) is 0 Å². The van der Waals surface area contributed by atoms with E-state index < -0.39 is 14.7 Å². The molecule has 0 amide bonds. The van der Waals surface area contributed by atoms with Crippen LogP contribution in [-0.2, 0) is 30.9 Å². The molecule has 0 N–H and O–H groups in total. The Morgan fingerprint density at radius 1 is 0.762 bits per heavy atom. The SMILES string of the molecule is CC(C)(C)c1nc(C(C)(C)C)c(C(C)(C)C)[n-]1.[Cl][Ti+]([Cl])[Cl]. The molecule has 0 bridgehead atoms. The van der Waals surface area contributed by atoms with Gasteiger partial charge in [0.25, 0.3) is 0 Å². The van der Waals surface area contributed by atoms with E-state index in [0.717, 1.165) is 17.2 Å². The topological polar surface area (TPSA) is 27.0 Å². The molecule has 0 unspecified atom stereocenters. The van der Waals surface area contributed by atoms with Crippen molar-refractivity contribution in [2.45, 2.75) is 78.6 Å². The zero-order valence-corrected chi connectivity index (χ0v) is 18.4. The van der Waals surface area contributed by atoms with Crippen LogP contribution in [0.3, 0.4) is 0 Å². The minimum atomic E-state index is -1.92. The number of aromatic nitrogens is 2. The van der Waals surface area contributed by atoms with Gasteiger partial charge in [-0.25, -0.2) is 0 Å². The van der Waals surface area contributed by atoms with E-state index in [1.54, 1.807) is 0 Å². The van der Waals surface area contributed by atoms with E-state index in [9.17, 15) is 0 Å². The third-order valence-electron chi connectivity index (χ3n) is 2.75. The van der Waals surface area contributed by atoms with Crippen molar-refractivity contribution >= 4 is 27.9 Å². The molecular formula is C15H27Cl3N2Ti. The first kappa shape index (κ1) is 21.8. The Labute approximate surface area is 147 Å². The van der Waals surface area contributed by atoms with Crippen molar-refractivity contribution in [2.75, 3.05) is 0 Å². The van der Waals surface area contributed by atoms with Crippen molar-refractivity contribution < 1.29 is 14.7 Å². The van der Waals surface area contributed by atoms with Crippen molar-refractivity contribution in [3.05, 3.63) is 17.2 Å². The van der Waals surface area contributed by atoms with Gasteiger partial charge in [0, 0.05) is 0 Å². The van der Waals surface area contributed by atoms with Gasteiger partial charge in [-0.2, -0.15) is 0 Å². The van der Waals surface area contributed by atoms with Crippen LogP contribution in [0.2, 0.25) is 0 Å². The van der Waals surface area contributed by atoms with Gasteiger partial charge in [-0.15, -0.1) is 0 Å². The zero-order chi connectivity index (χ0) is 17.2. The minimum absolute atomic E-state index is 0.0174. The first-order chi connectivity index (χ1) is 9.06. The summed E-state index contributed by atoms with van der Waals surface area (Å²) in [7, 11) is 14.9. The third kappa shape index (κ3) is 7.75. The summed E-state index contributed by atoms with van der Waals surface area (Å²) in [5.41, 5.74) is 2.42. The van der Waals surface area contributed by atoms with Crippen molar-refractivity contribution in [1.82, 2.24) is 9.97 Å². The van der Waals surface area contributed by atoms with Crippen LogP contribution in [0.1, 0.15) is 79.5 Å². The van der Waals surface area contributed by atoms with Gasteiger partial charge in [-0.1, -0.05) is 79.5 Å². The van der Waals surface area contributed by atoms with Gasteiger partial charge < -0.3 is 9.97 Å². The normalized spacial score (nSPS) is 12.8. The Balaban J connectivity index is 0.000000885. The van der Waals surface area contributed by atoms with E-state index in [0.29, 0.717) is 0 Å². The molecule has 0 aliphatic heterocycles. The fourth-order valence-corrected chi connectivity index (χ4v) is 1.72. The summed E-state index contributed by atoms with van der Waals surface area (Å²) in [6.45, 7) is 19.7. The van der Waals surface area contributed by atoms with E-state index in [2.05, 4.69) is 62.3 Å². The van der Waals surface area contributed by atoms with Gasteiger partial charge >= 0.3 is 42.6 Å². The quantitative estimate of drug-likeness (QED) is 0.509. The van der Waals surface area contributed by atoms with Gasteiger partial charge in [0.15, 0.2) is 0 Å². The number of hydrogen-bond donors (Lipinski definition) is 0. The van der Waals surface area contributed by atoms with Crippen LogP contribution < -0.4 is 4.98 Å². The first-order valence-corrected chi connectivity index (χ1v) is 13.4. The molecule has 0 atom stereocenters. The summed E-state index contributed by atoms with van der Waals surface area (Å²) in [5.74, 6) is 0.965. The first-order valence-electron chi connectivity index (χ1n) is 6.96. The number of halogens is 3. The van der Waals surface area contributed by atoms with Crippen LogP contribution in [0, 0.1) is 0 Å². The Kier molecular flexibility index (Phi) is 7.86. The predicted octanol–water partition coefficient (Wildman–Crippen LogP) is 6.00. The molecule has 1 aromatic rings. The van der Waals surface area contributed by atoms with E-state index in [-0.39, 0.29) is 16.2 Å². The summed E-state index contributed by atoms with van der Waals surface area (Å²) in [4.78, 5) is 9.62. The summed E-state index contributed by atoms with van der Waals surface area (Å²) in [6.07, 6.45) is 0. The molecule has 122 valence electrons. The molecule has 0 saturated heterocycles. The maximum atomic E-state index is 4.97. The third-order valence-corrected chi connectivity index (χ3v) is 2.75. The Morgan fingerprint density at radius 3 is 1.33 bits per heavy atom. The number of hydrogen-bond acceptors (Lipinski definition) is 1. The summed E-state index contributed by atoms with van der Waals surface area (Å²) in [6, 6.07) is 0. The molecule has 0 fully saturated rings. The summed E-state index contributed by atoms with van der Waals surface area (Å²) in [5, 5.41) is 0. The molecule has 6 heteroatoms. The van der Waals surface area contributed by atoms with Gasteiger partial charge in [-0.3, -0.25) is 0 Å². The molecule has 1 rings (SSSR count). The van der Waals surface area contributed by atoms with Crippen molar-refractivity contribution in [2.24, 2.45) is 0 Å². The fraction of sp³-hybridized carbons (Fsp3) is 0.800. The molecular weight excluding hydrogens is 362 g/mol. The molecule has 0 spiro atoms. The number of imidazole rings is 1. The van der Waals surface area contributed by atoms with Gasteiger partial charge in [-0.05, 0) is 16.2 Å². The Bertz CT molecular complexity index is 415. The van der Waals surface area contributed by atoms with Crippen LogP contribution >= 0.6 is 27.9 Å². The number of nitrogens with zero attached hydrogens (tertiary/aromatic N) is 2. The van der Waals surface area contributed by atoms with Crippen molar-refractivity contribution in [1.29, 1.82) is 0 Å². The molecule has 0 radical (unpaired) electrons. The molecule has 0 aromatic carbocycles. The molecule has 1 heterocycles. The Morgan fingerprint density at radius 2 is 1.14 bits per heavy atom. The maximum absolute atomic E-state index is 4.97. The van der Waals surface area contributed by atoms with E-state index in [4.69, 9.17) is 37.9 Å². The fourth-order valence-electron chi connectivity index (χ4n) is 1.72. The van der Waals surface area contributed by atoms with Crippen LogP contribution in [0.25, 0.3) is 0 Å². The Hall–Kier alpha value is 0.794. The van der Waals surface area contributed by atoms with E-state index in [1.807, 2.05) is 0 Å². The van der Waals surface area contributed by atoms with E-state index >= 15 is 0 Å². The second kappa shape index (κ2) is 7.58. The summed E-state index contributed by atoms with van der Waals surface area (Å²) < 4.78 is 0. The van der Waals surface area contributed by atoms with Crippen molar-refractivity contribution in [3.8, 4) is 0 Å². The molecule has 2 nitrogen and oxygen atoms in total. The molecule has 1 aromatic heterocycles. The zero-order valence-electron chi connectivity index (χ0n) is 14.5. The molecule has 0 aliphatic carbocycles. The van der Waals surface area contributed by atoms with Crippen LogP contribution in [0.15, 0.2) is 0 Å². The van der Waals surface area contributed by atoms with Crippen molar-refractivity contribution in [3.63, 3.8) is 0 Å². The standard InChI is InChI=1S/C15H27N2.3ClH.Ti/c1-13(2,3)10-11(14(4,5)6)17-12(16-10)15(7,8)9;;;;/h1-9H3;3*1H;/q-1;;;;+4/p-3. The van der Waals surface area contributed by atoms with Gasteiger partial charge in [0.2, 0.25) is 0 Å². The summed E-state index contributed by atoms with van der Waals surface area (Å²) >= 11 is -1.92. The monoisotopic (exact) mass is 388 g/mol. The average Bonchev–Trinajstić information content (AvgIpc) is 2.57. The second-order valence-corrected chi connectivity index (χ2v) is 15.9. The number of rotatable bonds is 0. The molecule has 0 saturated carbocycles. The molecule has 0 aliphatic rings. The second-order valence-electron chi connectivity index (χ2n) is 8.21. The van der Waals surface area contributed by atoms with Gasteiger partial charge in [0.05, 0.1) is 0 Å². The van der Waals surface area contributed by atoms with Crippen LogP contribution in [0.4, 0.5) is 0 Å². The van der Waals surface area contributed by atoms with Crippen LogP contribution in [-0.4, -0.2) is 4.98 Å². The predicted molar refractivity (Wildman–Crippen MR) is 91.2 cm³/mol. The molecule has 21 heavy (non-hydrogen) atoms. The average molecular weight is 390 g/mol. The van der Waals surface area contributed by atoms with Gasteiger partial charge in [0.1, 0.15) is 0 Å².